The molecule has 1 heterocycles. The Balaban J connectivity index is 0.00000338. The zero-order valence-corrected chi connectivity index (χ0v) is 16.1. The molecule has 0 saturated heterocycles. The Bertz CT molecular complexity index is 749. The molecule has 2 N–H and O–H groups in total. The summed E-state index contributed by atoms with van der Waals surface area (Å²) in [6.07, 6.45) is 0.368. The number of nitrogens with zero attached hydrogens (tertiary/aromatic N) is 1. The number of esters is 1. The summed E-state index contributed by atoms with van der Waals surface area (Å²) < 4.78 is 5.28. The third kappa shape index (κ3) is 6.46. The van der Waals surface area contributed by atoms with Gasteiger partial charge in [-0.05, 0) is 48.9 Å². The summed E-state index contributed by atoms with van der Waals surface area (Å²) in [6.45, 7) is 0.0247. The van der Waals surface area contributed by atoms with Crippen LogP contribution in [0.4, 0.5) is 0 Å². The number of aromatic nitrogens is 1. The van der Waals surface area contributed by atoms with Gasteiger partial charge in [-0.25, -0.2) is 9.78 Å². The first-order valence-electron chi connectivity index (χ1n) is 7.37. The average molecular weight is 420 g/mol. The highest BCUT2D eigenvalue weighted by Gasteiger charge is 2.19. The minimum absolute atomic E-state index is 0. The second-order valence-corrected chi connectivity index (χ2v) is 6.05. The number of carboxylic acids is 1. The van der Waals surface area contributed by atoms with Gasteiger partial charge in [0.25, 0.3) is 0 Å². The van der Waals surface area contributed by atoms with Gasteiger partial charge in [0.2, 0.25) is 0 Å². The molecule has 0 aliphatic heterocycles. The molecule has 140 valence electrons. The lowest BCUT2D eigenvalue weighted by molar-refractivity contribution is -0.147. The monoisotopic (exact) mass is 418 g/mol. The summed E-state index contributed by atoms with van der Waals surface area (Å²) >= 11 is 11.6. The first-order chi connectivity index (χ1) is 11.9. The summed E-state index contributed by atoms with van der Waals surface area (Å²) in [6, 6.07) is 8.91. The number of ether oxygens (including phenoxy) is 1. The largest absolute Gasteiger partial charge is 0.478 e. The summed E-state index contributed by atoms with van der Waals surface area (Å²) in [4.78, 5) is 26.9. The molecule has 2 rings (SSSR count). The van der Waals surface area contributed by atoms with Crippen LogP contribution in [0, 0.1) is 0 Å². The van der Waals surface area contributed by atoms with Crippen molar-refractivity contribution in [3.05, 3.63) is 63.4 Å². The predicted molar refractivity (Wildman–Crippen MR) is 101 cm³/mol. The zero-order valence-electron chi connectivity index (χ0n) is 13.7. The maximum Gasteiger partial charge on any atom is 0.335 e. The van der Waals surface area contributed by atoms with Gasteiger partial charge in [-0.1, -0.05) is 35.3 Å². The summed E-state index contributed by atoms with van der Waals surface area (Å²) in [5.41, 5.74) is 1.65. The van der Waals surface area contributed by atoms with Gasteiger partial charge < -0.3 is 15.2 Å². The molecular weight excluding hydrogens is 403 g/mol. The summed E-state index contributed by atoms with van der Waals surface area (Å²) in [5.74, 6) is -1.43. The SMILES string of the molecule is CN[C@@H](Cc1ccc(C(=O)O)cc1)C(=O)OCc1cc(Cl)nc(Cl)c1.Cl. The maximum absolute atomic E-state index is 12.2. The molecule has 0 saturated carbocycles. The van der Waals surface area contributed by atoms with Crippen molar-refractivity contribution in [3.63, 3.8) is 0 Å². The van der Waals surface area contributed by atoms with Gasteiger partial charge in [-0.3, -0.25) is 4.79 Å². The van der Waals surface area contributed by atoms with E-state index >= 15 is 0 Å². The number of aromatic carboxylic acids is 1. The van der Waals surface area contributed by atoms with Crippen LogP contribution in [0.2, 0.25) is 10.3 Å². The lowest BCUT2D eigenvalue weighted by Crippen LogP contribution is -2.37. The molecule has 9 heteroatoms. The number of rotatable bonds is 7. The van der Waals surface area contributed by atoms with E-state index in [1.807, 2.05) is 0 Å². The third-order valence-electron chi connectivity index (χ3n) is 3.48. The first-order valence-corrected chi connectivity index (χ1v) is 8.12. The van der Waals surface area contributed by atoms with Crippen molar-refractivity contribution in [2.75, 3.05) is 7.05 Å². The van der Waals surface area contributed by atoms with Crippen molar-refractivity contribution in [1.82, 2.24) is 10.3 Å². The van der Waals surface area contributed by atoms with Crippen molar-refractivity contribution in [2.45, 2.75) is 19.1 Å². The van der Waals surface area contributed by atoms with E-state index in [9.17, 15) is 9.59 Å². The average Bonchev–Trinajstić information content (AvgIpc) is 2.57. The van der Waals surface area contributed by atoms with Gasteiger partial charge in [-0.2, -0.15) is 0 Å². The molecule has 0 aliphatic carbocycles. The van der Waals surface area contributed by atoms with Crippen molar-refractivity contribution in [1.29, 1.82) is 0 Å². The van der Waals surface area contributed by atoms with Crippen LogP contribution in [-0.2, 0) is 22.6 Å². The van der Waals surface area contributed by atoms with Crippen molar-refractivity contribution < 1.29 is 19.4 Å². The second kappa shape index (κ2) is 10.3. The molecule has 0 fully saturated rings. The number of likely N-dealkylation sites (N-methyl/N-ethyl adjacent to an activating group) is 1. The third-order valence-corrected chi connectivity index (χ3v) is 3.86. The van der Waals surface area contributed by atoms with E-state index in [2.05, 4.69) is 10.3 Å². The predicted octanol–water partition coefficient (Wildman–Crippen LogP) is 3.38. The minimum Gasteiger partial charge on any atom is -0.478 e. The molecule has 0 unspecified atom stereocenters. The molecule has 0 spiro atoms. The Morgan fingerprint density at radius 1 is 1.15 bits per heavy atom. The van der Waals surface area contributed by atoms with Crippen molar-refractivity contribution in [3.8, 4) is 0 Å². The van der Waals surface area contributed by atoms with Gasteiger partial charge in [0.15, 0.2) is 0 Å². The van der Waals surface area contributed by atoms with E-state index in [0.717, 1.165) is 5.56 Å². The zero-order chi connectivity index (χ0) is 18.4. The van der Waals surface area contributed by atoms with Gasteiger partial charge in [0, 0.05) is 0 Å². The van der Waals surface area contributed by atoms with Gasteiger partial charge in [-0.15, -0.1) is 12.4 Å². The smallest absolute Gasteiger partial charge is 0.335 e. The first kappa shape index (κ1) is 22.2. The summed E-state index contributed by atoms with van der Waals surface area (Å²) in [7, 11) is 1.65. The number of nitrogens with one attached hydrogen (secondary N) is 1. The Morgan fingerprint density at radius 3 is 2.23 bits per heavy atom. The minimum atomic E-state index is -0.995. The number of hydrogen-bond donors (Lipinski definition) is 2. The Labute approximate surface area is 166 Å². The fourth-order valence-electron chi connectivity index (χ4n) is 2.17. The summed E-state index contributed by atoms with van der Waals surface area (Å²) in [5, 5.41) is 12.2. The molecule has 2 aromatic rings. The van der Waals surface area contributed by atoms with Crippen LogP contribution in [-0.4, -0.2) is 35.1 Å². The number of carboxylic acid groups (broad SMARTS) is 1. The van der Waals surface area contributed by atoms with Gasteiger partial charge >= 0.3 is 11.9 Å². The lowest BCUT2D eigenvalue weighted by atomic mass is 10.0. The lowest BCUT2D eigenvalue weighted by Gasteiger charge is -2.15. The van der Waals surface area contributed by atoms with E-state index in [1.54, 1.807) is 31.3 Å². The van der Waals surface area contributed by atoms with Crippen molar-refractivity contribution in [2.24, 2.45) is 0 Å². The number of hydrogen-bond acceptors (Lipinski definition) is 5. The van der Waals surface area contributed by atoms with Crippen LogP contribution in [0.1, 0.15) is 21.5 Å². The highest BCUT2D eigenvalue weighted by Crippen LogP contribution is 2.16. The van der Waals surface area contributed by atoms with Gasteiger partial charge in [0.05, 0.1) is 5.56 Å². The van der Waals surface area contributed by atoms with E-state index in [4.69, 9.17) is 33.0 Å². The fraction of sp³-hybridized carbons (Fsp3) is 0.235. The Morgan fingerprint density at radius 2 is 1.73 bits per heavy atom. The molecule has 0 radical (unpaired) electrons. The van der Waals surface area contributed by atoms with Crippen molar-refractivity contribution >= 4 is 47.5 Å². The highest BCUT2D eigenvalue weighted by molar-refractivity contribution is 6.32. The molecular formula is C17H17Cl3N2O4. The van der Waals surface area contributed by atoms with Crippen LogP contribution >= 0.6 is 35.6 Å². The van der Waals surface area contributed by atoms with Crippen LogP contribution in [0.5, 0.6) is 0 Å². The normalized spacial score (nSPS) is 11.3. The molecule has 1 atom stereocenters. The van der Waals surface area contributed by atoms with Gasteiger partial charge in [0.1, 0.15) is 23.0 Å². The number of pyridine rings is 1. The molecule has 26 heavy (non-hydrogen) atoms. The molecule has 1 aromatic heterocycles. The topological polar surface area (TPSA) is 88.5 Å². The molecule has 0 amide bonds. The number of benzene rings is 1. The standard InChI is InChI=1S/C17H16Cl2N2O4.ClH/c1-20-13(6-10-2-4-12(5-3-10)16(22)23)17(24)25-9-11-7-14(18)21-15(19)8-11;/h2-5,7-8,13,20H,6,9H2,1H3,(H,22,23);1H/t13-;/m0./s1. The molecule has 1 aromatic carbocycles. The highest BCUT2D eigenvalue weighted by atomic mass is 35.5. The number of carbonyl (C=O) groups is 2. The molecule has 6 nitrogen and oxygen atoms in total. The van der Waals surface area contributed by atoms with Crippen LogP contribution < -0.4 is 5.32 Å². The molecule has 0 bridgehead atoms. The van der Waals surface area contributed by atoms with E-state index in [-0.39, 0.29) is 34.9 Å². The fourth-order valence-corrected chi connectivity index (χ4v) is 2.68. The van der Waals surface area contributed by atoms with E-state index < -0.39 is 18.0 Å². The Hall–Kier alpha value is -1.86. The quantitative estimate of drug-likeness (QED) is 0.528. The van der Waals surface area contributed by atoms with E-state index in [0.29, 0.717) is 12.0 Å². The number of carbonyl (C=O) groups excluding carboxylic acids is 1. The maximum atomic E-state index is 12.2. The number of halogens is 3. The van der Waals surface area contributed by atoms with Crippen LogP contribution in [0.25, 0.3) is 0 Å². The van der Waals surface area contributed by atoms with E-state index in [1.165, 1.54) is 12.1 Å². The molecule has 0 aliphatic rings. The van der Waals surface area contributed by atoms with Crippen LogP contribution in [0.15, 0.2) is 36.4 Å². The Kier molecular flexibility index (Phi) is 8.81. The van der Waals surface area contributed by atoms with Crippen LogP contribution in [0.3, 0.4) is 0 Å². The second-order valence-electron chi connectivity index (χ2n) is 5.28.